The minimum atomic E-state index is -0.286. The molecule has 2 rings (SSSR count). The fourth-order valence-corrected chi connectivity index (χ4v) is 2.13. The van der Waals surface area contributed by atoms with Gasteiger partial charge in [0.2, 0.25) is 5.91 Å². The highest BCUT2D eigenvalue weighted by atomic mass is 19.1. The number of hydrogen-bond donors (Lipinski definition) is 2. The Labute approximate surface area is 135 Å². The quantitative estimate of drug-likeness (QED) is 0.772. The molecule has 0 unspecified atom stereocenters. The van der Waals surface area contributed by atoms with Gasteiger partial charge in [0.25, 0.3) is 0 Å². The molecule has 23 heavy (non-hydrogen) atoms. The van der Waals surface area contributed by atoms with Crippen LogP contribution in [0, 0.1) is 19.7 Å². The van der Waals surface area contributed by atoms with Crippen LogP contribution >= 0.6 is 0 Å². The average Bonchev–Trinajstić information content (AvgIpc) is 2.51. The lowest BCUT2D eigenvalue weighted by molar-refractivity contribution is -0.119. The molecule has 0 spiro atoms. The Morgan fingerprint density at radius 2 is 2.00 bits per heavy atom. The van der Waals surface area contributed by atoms with E-state index >= 15 is 0 Å². The topological polar surface area (TPSA) is 50.4 Å². The van der Waals surface area contributed by atoms with E-state index in [1.165, 1.54) is 12.1 Å². The Kier molecular flexibility index (Phi) is 5.97. The van der Waals surface area contributed by atoms with Gasteiger partial charge in [-0.1, -0.05) is 12.1 Å². The first kappa shape index (κ1) is 16.8. The molecule has 2 N–H and O–H groups in total. The second-order valence-electron chi connectivity index (χ2n) is 5.33. The third-order valence-electron chi connectivity index (χ3n) is 3.31. The van der Waals surface area contributed by atoms with Crippen molar-refractivity contribution in [2.75, 3.05) is 25.0 Å². The zero-order valence-electron chi connectivity index (χ0n) is 13.4. The van der Waals surface area contributed by atoms with E-state index in [1.54, 1.807) is 13.0 Å². The van der Waals surface area contributed by atoms with Crippen molar-refractivity contribution in [3.8, 4) is 5.75 Å². The van der Waals surface area contributed by atoms with Gasteiger partial charge in [-0.3, -0.25) is 4.79 Å². The van der Waals surface area contributed by atoms with Crippen molar-refractivity contribution in [3.05, 3.63) is 59.4 Å². The number of anilines is 1. The number of benzene rings is 2. The zero-order chi connectivity index (χ0) is 16.7. The largest absolute Gasteiger partial charge is 0.492 e. The van der Waals surface area contributed by atoms with Gasteiger partial charge >= 0.3 is 0 Å². The van der Waals surface area contributed by atoms with Crippen molar-refractivity contribution < 1.29 is 13.9 Å². The van der Waals surface area contributed by atoms with Gasteiger partial charge in [0.15, 0.2) is 0 Å². The molecule has 0 aliphatic carbocycles. The zero-order valence-corrected chi connectivity index (χ0v) is 13.4. The first-order valence-electron chi connectivity index (χ1n) is 7.51. The molecular formula is C18H21FN2O2. The number of amides is 1. The third kappa shape index (κ3) is 5.62. The van der Waals surface area contributed by atoms with Crippen LogP contribution < -0.4 is 15.4 Å². The molecule has 0 aromatic heterocycles. The summed E-state index contributed by atoms with van der Waals surface area (Å²) in [6.07, 6.45) is 0. The molecule has 0 aliphatic heterocycles. The Bertz CT molecular complexity index is 674. The van der Waals surface area contributed by atoms with Gasteiger partial charge in [0.1, 0.15) is 18.2 Å². The summed E-state index contributed by atoms with van der Waals surface area (Å²) >= 11 is 0. The monoisotopic (exact) mass is 316 g/mol. The molecule has 0 atom stereocenters. The van der Waals surface area contributed by atoms with E-state index in [4.69, 9.17) is 4.74 Å². The summed E-state index contributed by atoms with van der Waals surface area (Å²) in [5.74, 6) is 0.367. The smallest absolute Gasteiger partial charge is 0.239 e. The number of rotatable bonds is 7. The number of nitrogens with one attached hydrogen (secondary N) is 2. The SMILES string of the molecule is Cc1cccc(OCCNC(=O)CNc2ccc(F)cc2C)c1. The first-order chi connectivity index (χ1) is 11.0. The van der Waals surface area contributed by atoms with Crippen molar-refractivity contribution in [2.45, 2.75) is 13.8 Å². The Hall–Kier alpha value is -2.56. The van der Waals surface area contributed by atoms with E-state index in [9.17, 15) is 9.18 Å². The maximum Gasteiger partial charge on any atom is 0.239 e. The molecule has 0 aliphatic rings. The Morgan fingerprint density at radius 3 is 2.74 bits per heavy atom. The van der Waals surface area contributed by atoms with Crippen molar-refractivity contribution in [1.82, 2.24) is 5.32 Å². The second-order valence-corrected chi connectivity index (χ2v) is 5.33. The minimum absolute atomic E-state index is 0.136. The molecule has 4 nitrogen and oxygen atoms in total. The van der Waals surface area contributed by atoms with Crippen LogP contribution in [0.3, 0.4) is 0 Å². The Balaban J connectivity index is 1.67. The molecule has 1 amide bonds. The summed E-state index contributed by atoms with van der Waals surface area (Å²) < 4.78 is 18.6. The molecule has 5 heteroatoms. The Morgan fingerprint density at radius 1 is 1.17 bits per heavy atom. The predicted octanol–water partition coefficient (Wildman–Crippen LogP) is 3.05. The van der Waals surface area contributed by atoms with Gasteiger partial charge in [-0.05, 0) is 55.3 Å². The number of halogens is 1. The lowest BCUT2D eigenvalue weighted by Gasteiger charge is -2.11. The van der Waals surface area contributed by atoms with Gasteiger partial charge in [-0.25, -0.2) is 4.39 Å². The number of carbonyl (C=O) groups excluding carboxylic acids is 1. The van der Waals surface area contributed by atoms with Gasteiger partial charge in [-0.2, -0.15) is 0 Å². The number of hydrogen-bond acceptors (Lipinski definition) is 3. The second kappa shape index (κ2) is 8.17. The molecule has 0 bridgehead atoms. The fraction of sp³-hybridized carbons (Fsp3) is 0.278. The van der Waals surface area contributed by atoms with Crippen LogP contribution in [-0.4, -0.2) is 25.6 Å². The molecule has 122 valence electrons. The molecule has 2 aromatic carbocycles. The number of aryl methyl sites for hydroxylation is 2. The molecular weight excluding hydrogens is 295 g/mol. The number of carbonyl (C=O) groups is 1. The standard InChI is InChI=1S/C18H21FN2O2/c1-13-4-3-5-16(10-13)23-9-8-20-18(22)12-21-17-7-6-15(19)11-14(17)2/h3-7,10-11,21H,8-9,12H2,1-2H3,(H,20,22). The van der Waals surface area contributed by atoms with Crippen LogP contribution in [0.15, 0.2) is 42.5 Å². The van der Waals surface area contributed by atoms with Gasteiger partial charge in [0.05, 0.1) is 13.1 Å². The van der Waals surface area contributed by atoms with Crippen molar-refractivity contribution in [1.29, 1.82) is 0 Å². The summed E-state index contributed by atoms with van der Waals surface area (Å²) in [4.78, 5) is 11.8. The van der Waals surface area contributed by atoms with Crippen LogP contribution in [0.4, 0.5) is 10.1 Å². The molecule has 2 aromatic rings. The lowest BCUT2D eigenvalue weighted by atomic mass is 10.2. The summed E-state index contributed by atoms with van der Waals surface area (Å²) in [6, 6.07) is 12.2. The normalized spacial score (nSPS) is 10.2. The first-order valence-corrected chi connectivity index (χ1v) is 7.51. The van der Waals surface area contributed by atoms with Crippen LogP contribution in [0.25, 0.3) is 0 Å². The minimum Gasteiger partial charge on any atom is -0.492 e. The highest BCUT2D eigenvalue weighted by molar-refractivity contribution is 5.80. The summed E-state index contributed by atoms with van der Waals surface area (Å²) in [7, 11) is 0. The maximum atomic E-state index is 13.0. The van der Waals surface area contributed by atoms with E-state index in [0.717, 1.165) is 22.6 Å². The molecule has 0 radical (unpaired) electrons. The van der Waals surface area contributed by atoms with Crippen LogP contribution in [0.1, 0.15) is 11.1 Å². The van der Waals surface area contributed by atoms with Gasteiger partial charge in [0, 0.05) is 5.69 Å². The van der Waals surface area contributed by atoms with E-state index in [0.29, 0.717) is 13.2 Å². The summed E-state index contributed by atoms with van der Waals surface area (Å²) in [5, 5.41) is 5.75. The number of ether oxygens (including phenoxy) is 1. The van der Waals surface area contributed by atoms with E-state index in [1.807, 2.05) is 31.2 Å². The van der Waals surface area contributed by atoms with Crippen LogP contribution in [-0.2, 0) is 4.79 Å². The van der Waals surface area contributed by atoms with E-state index < -0.39 is 0 Å². The molecule has 0 heterocycles. The molecule has 0 fully saturated rings. The van der Waals surface area contributed by atoms with Crippen LogP contribution in [0.5, 0.6) is 5.75 Å². The third-order valence-corrected chi connectivity index (χ3v) is 3.31. The fourth-order valence-electron chi connectivity index (χ4n) is 2.13. The average molecular weight is 316 g/mol. The highest BCUT2D eigenvalue weighted by Gasteiger charge is 2.03. The lowest BCUT2D eigenvalue weighted by Crippen LogP contribution is -2.33. The highest BCUT2D eigenvalue weighted by Crippen LogP contribution is 2.15. The van der Waals surface area contributed by atoms with E-state index in [-0.39, 0.29) is 18.3 Å². The maximum absolute atomic E-state index is 13.0. The van der Waals surface area contributed by atoms with E-state index in [2.05, 4.69) is 10.6 Å². The summed E-state index contributed by atoms with van der Waals surface area (Å²) in [6.45, 7) is 4.76. The van der Waals surface area contributed by atoms with Crippen molar-refractivity contribution >= 4 is 11.6 Å². The summed E-state index contributed by atoms with van der Waals surface area (Å²) in [5.41, 5.74) is 2.64. The predicted molar refractivity (Wildman–Crippen MR) is 89.3 cm³/mol. The van der Waals surface area contributed by atoms with Crippen LogP contribution in [0.2, 0.25) is 0 Å². The molecule has 0 saturated carbocycles. The van der Waals surface area contributed by atoms with Gasteiger partial charge in [-0.15, -0.1) is 0 Å². The van der Waals surface area contributed by atoms with Gasteiger partial charge < -0.3 is 15.4 Å². The van der Waals surface area contributed by atoms with Crippen molar-refractivity contribution in [2.24, 2.45) is 0 Å². The molecule has 0 saturated heterocycles. The van der Waals surface area contributed by atoms with Crippen molar-refractivity contribution in [3.63, 3.8) is 0 Å².